The van der Waals surface area contributed by atoms with Crippen LogP contribution in [0.1, 0.15) is 50.7 Å². The van der Waals surface area contributed by atoms with E-state index in [1.165, 1.54) is 25.7 Å². The highest BCUT2D eigenvalue weighted by molar-refractivity contribution is 6.03. The van der Waals surface area contributed by atoms with Gasteiger partial charge < -0.3 is 31.3 Å². The van der Waals surface area contributed by atoms with E-state index in [1.807, 2.05) is 30.3 Å². The fourth-order valence-corrected chi connectivity index (χ4v) is 6.84. The summed E-state index contributed by atoms with van der Waals surface area (Å²) in [6.07, 6.45) is 5.39. The minimum absolute atomic E-state index is 0.0515. The van der Waals surface area contributed by atoms with Gasteiger partial charge in [-0.15, -0.1) is 0 Å². The number of hydrogen-bond acceptors (Lipinski definition) is 5. The van der Waals surface area contributed by atoms with Gasteiger partial charge in [-0.25, -0.2) is 4.79 Å². The summed E-state index contributed by atoms with van der Waals surface area (Å²) in [5.74, 6) is 1.78. The molecule has 9 nitrogen and oxygen atoms in total. The number of benzene rings is 2. The van der Waals surface area contributed by atoms with E-state index in [0.717, 1.165) is 11.1 Å². The first-order chi connectivity index (χ1) is 19.7. The van der Waals surface area contributed by atoms with E-state index < -0.39 is 11.6 Å². The zero-order chi connectivity index (χ0) is 28.9. The lowest BCUT2D eigenvalue weighted by molar-refractivity contribution is -0.125. The van der Waals surface area contributed by atoms with Gasteiger partial charge in [0.15, 0.2) is 0 Å². The maximum Gasteiger partial charge on any atom is 0.318 e. The van der Waals surface area contributed by atoms with Crippen molar-refractivity contribution in [3.8, 4) is 5.75 Å². The Hall–Kier alpha value is -3.59. The Bertz CT molecular complexity index is 1340. The number of ether oxygens (including phenoxy) is 1. The van der Waals surface area contributed by atoms with Gasteiger partial charge in [-0.05, 0) is 84.7 Å². The summed E-state index contributed by atoms with van der Waals surface area (Å²) >= 11 is 0. The predicted molar refractivity (Wildman–Crippen MR) is 158 cm³/mol. The Balaban J connectivity index is 1.26. The summed E-state index contributed by atoms with van der Waals surface area (Å²) in [4.78, 5) is 42.4. The number of anilines is 2. The number of urea groups is 1. The van der Waals surface area contributed by atoms with Crippen molar-refractivity contribution < 1.29 is 19.1 Å². The van der Waals surface area contributed by atoms with Crippen molar-refractivity contribution >= 4 is 29.2 Å². The third kappa shape index (κ3) is 5.27. The lowest BCUT2D eigenvalue weighted by Crippen LogP contribution is -2.59. The van der Waals surface area contributed by atoms with E-state index >= 15 is 0 Å². The molecule has 41 heavy (non-hydrogen) atoms. The number of nitrogens with zero attached hydrogens (tertiary/aromatic N) is 1. The van der Waals surface area contributed by atoms with E-state index in [0.29, 0.717) is 48.3 Å². The van der Waals surface area contributed by atoms with Gasteiger partial charge in [0.25, 0.3) is 5.91 Å². The van der Waals surface area contributed by atoms with E-state index in [9.17, 15) is 14.4 Å². The average molecular weight is 560 g/mol. The zero-order valence-corrected chi connectivity index (χ0v) is 24.1. The molecule has 2 aromatic rings. The lowest BCUT2D eigenvalue weighted by atomic mass is 9.89. The Morgan fingerprint density at radius 2 is 1.71 bits per heavy atom. The fraction of sp³-hybridized carbons (Fsp3) is 0.531. The summed E-state index contributed by atoms with van der Waals surface area (Å²) in [5.41, 5.74) is 8.51. The Morgan fingerprint density at radius 1 is 1.02 bits per heavy atom. The van der Waals surface area contributed by atoms with Crippen molar-refractivity contribution in [3.05, 3.63) is 53.6 Å². The standard InChI is InChI=1S/C32H41N5O4/c1-18(2)25-17-37(31(40)36-25)32(30(39)35-24-6-4-5-7-26(24)41-3)15-21-12-13-23(14-22(21)16-32)34-29(38)28(33)27(19-8-9-19)20-10-11-20/h4-7,12-14,18-20,25,27-28H,8-11,15-17,33H2,1-3H3,(H,34,38)(H,35,39)(H,36,40)/t25-,28-,32?/m0/s1. The number of carbonyl (C=O) groups is 3. The van der Waals surface area contributed by atoms with Crippen LogP contribution < -0.4 is 26.4 Å². The van der Waals surface area contributed by atoms with Crippen molar-refractivity contribution in [1.82, 2.24) is 10.2 Å². The number of methoxy groups -OCH3 is 1. The van der Waals surface area contributed by atoms with Crippen LogP contribution in [-0.2, 0) is 22.4 Å². The van der Waals surface area contributed by atoms with Crippen LogP contribution in [0, 0.1) is 23.7 Å². The third-order valence-corrected chi connectivity index (χ3v) is 9.52. The number of nitrogens with one attached hydrogen (secondary N) is 3. The maximum absolute atomic E-state index is 14.2. The first kappa shape index (κ1) is 27.6. The molecule has 1 aliphatic heterocycles. The molecule has 0 aromatic heterocycles. The van der Waals surface area contributed by atoms with Gasteiger partial charge in [-0.3, -0.25) is 9.59 Å². The molecular weight excluding hydrogens is 518 g/mol. The van der Waals surface area contributed by atoms with Crippen molar-refractivity contribution in [2.75, 3.05) is 24.3 Å². The van der Waals surface area contributed by atoms with Gasteiger partial charge in [0.2, 0.25) is 5.91 Å². The Labute approximate surface area is 241 Å². The molecule has 2 saturated carbocycles. The van der Waals surface area contributed by atoms with Crippen LogP contribution in [0.3, 0.4) is 0 Å². The summed E-state index contributed by atoms with van der Waals surface area (Å²) in [6.45, 7) is 4.57. The Morgan fingerprint density at radius 3 is 2.34 bits per heavy atom. The van der Waals surface area contributed by atoms with Crippen molar-refractivity contribution in [2.45, 2.75) is 70.0 Å². The number of fused-ring (bicyclic) bond motifs is 1. The van der Waals surface area contributed by atoms with E-state index in [1.54, 1.807) is 24.1 Å². The van der Waals surface area contributed by atoms with E-state index in [-0.39, 0.29) is 35.7 Å². The van der Waals surface area contributed by atoms with Crippen LogP contribution >= 0.6 is 0 Å². The maximum atomic E-state index is 14.2. The monoisotopic (exact) mass is 559 g/mol. The Kier molecular flexibility index (Phi) is 7.18. The molecule has 0 spiro atoms. The molecule has 9 heteroatoms. The highest BCUT2D eigenvalue weighted by atomic mass is 16.5. The van der Waals surface area contributed by atoms with Gasteiger partial charge in [0.1, 0.15) is 11.3 Å². The molecule has 3 aliphatic carbocycles. The molecular formula is C32H41N5O4. The number of carbonyl (C=O) groups excluding carboxylic acids is 3. The van der Waals surface area contributed by atoms with Crippen molar-refractivity contribution in [3.63, 3.8) is 0 Å². The van der Waals surface area contributed by atoms with E-state index in [2.05, 4.69) is 29.8 Å². The second-order valence-corrected chi connectivity index (χ2v) is 12.7. The van der Waals surface area contributed by atoms with E-state index in [4.69, 9.17) is 10.5 Å². The smallest absolute Gasteiger partial charge is 0.318 e. The summed E-state index contributed by atoms with van der Waals surface area (Å²) in [7, 11) is 1.56. The fourth-order valence-electron chi connectivity index (χ4n) is 6.84. The number of para-hydroxylation sites is 2. The average Bonchev–Trinajstić information content (AvgIpc) is 3.89. The third-order valence-electron chi connectivity index (χ3n) is 9.52. The second kappa shape index (κ2) is 10.7. The molecule has 6 rings (SSSR count). The van der Waals surface area contributed by atoms with Crippen molar-refractivity contribution in [2.24, 2.45) is 29.4 Å². The minimum Gasteiger partial charge on any atom is -0.495 e. The van der Waals surface area contributed by atoms with Crippen LogP contribution in [0.2, 0.25) is 0 Å². The molecule has 218 valence electrons. The van der Waals surface area contributed by atoms with Crippen molar-refractivity contribution in [1.29, 1.82) is 0 Å². The molecule has 4 amide bonds. The molecule has 0 bridgehead atoms. The quantitative estimate of drug-likeness (QED) is 0.351. The van der Waals surface area contributed by atoms with Gasteiger partial charge in [-0.1, -0.05) is 32.0 Å². The number of hydrogen-bond donors (Lipinski definition) is 4. The first-order valence-corrected chi connectivity index (χ1v) is 14.9. The zero-order valence-electron chi connectivity index (χ0n) is 24.1. The minimum atomic E-state index is -1.13. The predicted octanol–water partition coefficient (Wildman–Crippen LogP) is 3.92. The molecule has 1 saturated heterocycles. The largest absolute Gasteiger partial charge is 0.495 e. The van der Waals surface area contributed by atoms with Crippen LogP contribution in [0.15, 0.2) is 42.5 Å². The molecule has 3 atom stereocenters. The van der Waals surface area contributed by atoms with Gasteiger partial charge in [-0.2, -0.15) is 0 Å². The van der Waals surface area contributed by atoms with Crippen LogP contribution in [0.4, 0.5) is 16.2 Å². The number of rotatable bonds is 10. The molecule has 5 N–H and O–H groups in total. The van der Waals surface area contributed by atoms with Gasteiger partial charge in [0, 0.05) is 25.1 Å². The number of nitrogens with two attached hydrogens (primary N) is 1. The lowest BCUT2D eigenvalue weighted by Gasteiger charge is -2.37. The summed E-state index contributed by atoms with van der Waals surface area (Å²) < 4.78 is 5.47. The van der Waals surface area contributed by atoms with Crippen LogP contribution in [0.5, 0.6) is 5.75 Å². The van der Waals surface area contributed by atoms with Gasteiger partial charge in [0.05, 0.1) is 24.9 Å². The molecule has 2 aromatic carbocycles. The topological polar surface area (TPSA) is 126 Å². The molecule has 3 fully saturated rings. The molecule has 0 radical (unpaired) electrons. The second-order valence-electron chi connectivity index (χ2n) is 12.7. The van der Waals surface area contributed by atoms with Crippen LogP contribution in [-0.4, -0.2) is 54.0 Å². The molecule has 1 unspecified atom stereocenters. The molecule has 4 aliphatic rings. The highest BCUT2D eigenvalue weighted by Crippen LogP contribution is 2.50. The first-order valence-electron chi connectivity index (χ1n) is 14.9. The highest BCUT2D eigenvalue weighted by Gasteiger charge is 2.54. The SMILES string of the molecule is COc1ccccc1NC(=O)C1(N2C[C@@H](C(C)C)NC2=O)Cc2ccc(NC(=O)[C@@H](N)C(C3CC3)C3CC3)cc2C1. The van der Waals surface area contributed by atoms with Crippen LogP contribution in [0.25, 0.3) is 0 Å². The number of amides is 4. The molecule has 1 heterocycles. The summed E-state index contributed by atoms with van der Waals surface area (Å²) in [5, 5.41) is 9.18. The normalized spacial score (nSPS) is 24.3. The van der Waals surface area contributed by atoms with Gasteiger partial charge >= 0.3 is 6.03 Å². The summed E-state index contributed by atoms with van der Waals surface area (Å²) in [6, 6.07) is 12.2.